The molecule has 1 heterocycles. The van der Waals surface area contributed by atoms with Crippen molar-refractivity contribution in [3.05, 3.63) is 63.1 Å². The van der Waals surface area contributed by atoms with Crippen LogP contribution in [0.1, 0.15) is 31.1 Å². The van der Waals surface area contributed by atoms with E-state index in [1.54, 1.807) is 12.1 Å². The van der Waals surface area contributed by atoms with Crippen molar-refractivity contribution >= 4 is 46.6 Å². The van der Waals surface area contributed by atoms with Gasteiger partial charge in [0.2, 0.25) is 0 Å². The summed E-state index contributed by atoms with van der Waals surface area (Å²) in [5.41, 5.74) is 1.26. The number of hydrogen-bond donors (Lipinski definition) is 1. The third-order valence-electron chi connectivity index (χ3n) is 3.53. The smallest absolute Gasteiger partial charge is 0.261 e. The molecule has 2 aromatic rings. The van der Waals surface area contributed by atoms with Crippen LogP contribution in [-0.2, 0) is 0 Å². The molecule has 0 atom stereocenters. The Morgan fingerprint density at radius 1 is 0.957 bits per heavy atom. The zero-order valence-electron chi connectivity index (χ0n) is 11.9. The number of hydrogen-bond acceptors (Lipinski definition) is 3. The molecule has 0 spiro atoms. The fourth-order valence-corrected chi connectivity index (χ4v) is 2.58. The van der Waals surface area contributed by atoms with Gasteiger partial charge in [-0.15, -0.1) is 0 Å². The van der Waals surface area contributed by atoms with Crippen LogP contribution in [0.25, 0.3) is 0 Å². The fraction of sp³-hybridized carbons (Fsp3) is 0.0625. The molecule has 3 rings (SSSR count). The molecule has 1 aliphatic rings. The minimum absolute atomic E-state index is 0.222. The maximum Gasteiger partial charge on any atom is 0.261 e. The molecular weight excluding hydrogens is 339 g/mol. The summed E-state index contributed by atoms with van der Waals surface area (Å²) in [6.45, 7) is 0. The molecule has 0 unspecified atom stereocenters. The zero-order valence-corrected chi connectivity index (χ0v) is 13.4. The number of imide groups is 1. The number of fused-ring (bicyclic) bond motifs is 1. The van der Waals surface area contributed by atoms with Gasteiger partial charge in [-0.2, -0.15) is 0 Å². The van der Waals surface area contributed by atoms with E-state index in [4.69, 9.17) is 23.2 Å². The topological polar surface area (TPSA) is 66.5 Å². The molecule has 0 fully saturated rings. The molecule has 2 aromatic carbocycles. The van der Waals surface area contributed by atoms with Crippen LogP contribution >= 0.6 is 23.2 Å². The first-order chi connectivity index (χ1) is 10.9. The molecule has 1 aliphatic heterocycles. The van der Waals surface area contributed by atoms with Crippen molar-refractivity contribution in [3.63, 3.8) is 0 Å². The molecule has 0 radical (unpaired) electrons. The predicted octanol–water partition coefficient (Wildman–Crippen LogP) is 3.47. The Balaban J connectivity index is 1.88. The number of amides is 3. The van der Waals surface area contributed by atoms with Gasteiger partial charge in [0.15, 0.2) is 0 Å². The second-order valence-electron chi connectivity index (χ2n) is 5.01. The van der Waals surface area contributed by atoms with Gasteiger partial charge in [-0.1, -0.05) is 23.2 Å². The molecule has 0 bridgehead atoms. The van der Waals surface area contributed by atoms with Gasteiger partial charge in [0.05, 0.1) is 21.2 Å². The first-order valence-corrected chi connectivity index (χ1v) is 7.37. The first kappa shape index (κ1) is 15.5. The number of halogens is 2. The summed E-state index contributed by atoms with van der Waals surface area (Å²) in [5, 5.41) is 3.37. The third-order valence-corrected chi connectivity index (χ3v) is 4.27. The molecule has 0 saturated heterocycles. The molecular formula is C16H10Cl2N2O3. The molecule has 1 N–H and O–H groups in total. The highest BCUT2D eigenvalue weighted by molar-refractivity contribution is 6.42. The average molecular weight is 349 g/mol. The van der Waals surface area contributed by atoms with Crippen molar-refractivity contribution in [3.8, 4) is 0 Å². The molecule has 0 saturated carbocycles. The number of anilines is 1. The van der Waals surface area contributed by atoms with Crippen LogP contribution in [0.5, 0.6) is 0 Å². The second-order valence-corrected chi connectivity index (χ2v) is 5.83. The van der Waals surface area contributed by atoms with Crippen LogP contribution < -0.4 is 5.32 Å². The molecule has 3 amide bonds. The lowest BCUT2D eigenvalue weighted by Crippen LogP contribution is -2.24. The summed E-state index contributed by atoms with van der Waals surface area (Å²) in [5.74, 6) is -1.21. The maximum absolute atomic E-state index is 12.3. The summed E-state index contributed by atoms with van der Waals surface area (Å²) >= 11 is 11.7. The SMILES string of the molecule is CN1C(=O)c2ccc(C(=O)Nc3ccc(Cl)c(Cl)c3)cc2C1=O. The Kier molecular flexibility index (Phi) is 3.83. The van der Waals surface area contributed by atoms with Crippen LogP contribution in [0, 0.1) is 0 Å². The monoisotopic (exact) mass is 348 g/mol. The van der Waals surface area contributed by atoms with E-state index >= 15 is 0 Å². The summed E-state index contributed by atoms with van der Waals surface area (Å²) in [6.07, 6.45) is 0. The van der Waals surface area contributed by atoms with E-state index in [0.717, 1.165) is 4.90 Å². The Bertz CT molecular complexity index is 864. The Morgan fingerprint density at radius 3 is 2.35 bits per heavy atom. The van der Waals surface area contributed by atoms with Crippen molar-refractivity contribution in [1.82, 2.24) is 4.90 Å². The van der Waals surface area contributed by atoms with E-state index in [1.165, 1.54) is 31.3 Å². The summed E-state index contributed by atoms with van der Waals surface area (Å²) in [7, 11) is 1.40. The van der Waals surface area contributed by atoms with E-state index in [9.17, 15) is 14.4 Å². The quantitative estimate of drug-likeness (QED) is 0.845. The minimum atomic E-state index is -0.422. The normalized spacial score (nSPS) is 13.3. The number of nitrogens with zero attached hydrogens (tertiary/aromatic N) is 1. The Morgan fingerprint density at radius 2 is 1.65 bits per heavy atom. The number of rotatable bonds is 2. The number of nitrogens with one attached hydrogen (secondary N) is 1. The van der Waals surface area contributed by atoms with Crippen molar-refractivity contribution in [1.29, 1.82) is 0 Å². The highest BCUT2D eigenvalue weighted by Crippen LogP contribution is 2.26. The minimum Gasteiger partial charge on any atom is -0.322 e. The first-order valence-electron chi connectivity index (χ1n) is 6.61. The van der Waals surface area contributed by atoms with Gasteiger partial charge >= 0.3 is 0 Å². The largest absolute Gasteiger partial charge is 0.322 e. The van der Waals surface area contributed by atoms with E-state index in [0.29, 0.717) is 21.3 Å². The van der Waals surface area contributed by atoms with Crippen molar-refractivity contribution in [2.24, 2.45) is 0 Å². The van der Waals surface area contributed by atoms with Gasteiger partial charge < -0.3 is 5.32 Å². The highest BCUT2D eigenvalue weighted by atomic mass is 35.5. The van der Waals surface area contributed by atoms with Gasteiger partial charge in [0, 0.05) is 18.3 Å². The Hall–Kier alpha value is -2.37. The van der Waals surface area contributed by atoms with Gasteiger partial charge in [-0.3, -0.25) is 19.3 Å². The summed E-state index contributed by atoms with van der Waals surface area (Å²) in [4.78, 5) is 37.1. The molecule has 5 nitrogen and oxygen atoms in total. The lowest BCUT2D eigenvalue weighted by molar-refractivity contribution is 0.0693. The number of carbonyl (C=O) groups excluding carboxylic acids is 3. The molecule has 116 valence electrons. The Labute approximate surface area is 141 Å². The zero-order chi connectivity index (χ0) is 16.7. The van der Waals surface area contributed by atoms with Crippen molar-refractivity contribution < 1.29 is 14.4 Å². The van der Waals surface area contributed by atoms with Crippen molar-refractivity contribution in [2.45, 2.75) is 0 Å². The van der Waals surface area contributed by atoms with E-state index < -0.39 is 11.8 Å². The summed E-state index contributed by atoms with van der Waals surface area (Å²) in [6, 6.07) is 9.09. The van der Waals surface area contributed by atoms with Crippen LogP contribution in [-0.4, -0.2) is 29.7 Å². The maximum atomic E-state index is 12.3. The van der Waals surface area contributed by atoms with E-state index in [2.05, 4.69) is 5.32 Å². The van der Waals surface area contributed by atoms with Crippen LogP contribution in [0.15, 0.2) is 36.4 Å². The second kappa shape index (κ2) is 5.68. The van der Waals surface area contributed by atoms with Crippen LogP contribution in [0.4, 0.5) is 5.69 Å². The number of carbonyl (C=O) groups is 3. The predicted molar refractivity (Wildman–Crippen MR) is 87.3 cm³/mol. The number of benzene rings is 2. The van der Waals surface area contributed by atoms with Gasteiger partial charge in [0.1, 0.15) is 0 Å². The molecule has 23 heavy (non-hydrogen) atoms. The average Bonchev–Trinajstić information content (AvgIpc) is 2.75. The van der Waals surface area contributed by atoms with Gasteiger partial charge in [-0.25, -0.2) is 0 Å². The summed E-state index contributed by atoms with van der Waals surface area (Å²) < 4.78 is 0. The van der Waals surface area contributed by atoms with Gasteiger partial charge in [0.25, 0.3) is 17.7 Å². The van der Waals surface area contributed by atoms with Crippen LogP contribution in [0.2, 0.25) is 10.0 Å². The fourth-order valence-electron chi connectivity index (χ4n) is 2.28. The lowest BCUT2D eigenvalue weighted by Gasteiger charge is -2.07. The van der Waals surface area contributed by atoms with E-state index in [1.807, 2.05) is 0 Å². The molecule has 0 aliphatic carbocycles. The highest BCUT2D eigenvalue weighted by Gasteiger charge is 2.33. The lowest BCUT2D eigenvalue weighted by atomic mass is 10.1. The van der Waals surface area contributed by atoms with Crippen LogP contribution in [0.3, 0.4) is 0 Å². The van der Waals surface area contributed by atoms with Gasteiger partial charge in [-0.05, 0) is 36.4 Å². The standard InChI is InChI=1S/C16H10Cl2N2O3/c1-20-15(22)10-4-2-8(6-11(10)16(20)23)14(21)19-9-3-5-12(17)13(18)7-9/h2-7H,1H3,(H,19,21). The molecule has 7 heteroatoms. The van der Waals surface area contributed by atoms with E-state index in [-0.39, 0.29) is 17.0 Å². The van der Waals surface area contributed by atoms with Crippen molar-refractivity contribution in [2.75, 3.05) is 12.4 Å². The third kappa shape index (κ3) is 2.69. The molecule has 0 aromatic heterocycles.